The van der Waals surface area contributed by atoms with Gasteiger partial charge in [-0.05, 0) is 47.8 Å². The number of amides is 1. The number of nitrogens with zero attached hydrogens (tertiary/aromatic N) is 1. The van der Waals surface area contributed by atoms with Gasteiger partial charge >= 0.3 is 0 Å². The number of methoxy groups -OCH3 is 1. The van der Waals surface area contributed by atoms with Crippen molar-refractivity contribution in [2.45, 2.75) is 6.54 Å². The van der Waals surface area contributed by atoms with Gasteiger partial charge in [0.2, 0.25) is 0 Å². The van der Waals surface area contributed by atoms with Crippen molar-refractivity contribution in [3.05, 3.63) is 63.7 Å². The van der Waals surface area contributed by atoms with Crippen LogP contribution < -0.4 is 15.8 Å². The molecule has 0 atom stereocenters. The van der Waals surface area contributed by atoms with E-state index < -0.39 is 0 Å². The second kappa shape index (κ2) is 7.38. The quantitative estimate of drug-likeness (QED) is 0.520. The average Bonchev–Trinajstić information content (AvgIpc) is 3.34. The molecule has 0 spiro atoms. The van der Waals surface area contributed by atoms with E-state index in [9.17, 15) is 4.79 Å². The molecule has 0 saturated heterocycles. The van der Waals surface area contributed by atoms with Crippen LogP contribution in [0, 0.1) is 0 Å². The van der Waals surface area contributed by atoms with E-state index in [-0.39, 0.29) is 5.91 Å². The Labute approximate surface area is 164 Å². The summed E-state index contributed by atoms with van der Waals surface area (Å²) in [5.74, 6) is 0.625. The smallest absolute Gasteiger partial charge is 0.263 e. The van der Waals surface area contributed by atoms with Crippen molar-refractivity contribution in [2.75, 3.05) is 12.8 Å². The minimum absolute atomic E-state index is 0.171. The third kappa shape index (κ3) is 3.51. The van der Waals surface area contributed by atoms with Gasteiger partial charge in [0.05, 0.1) is 25.0 Å². The highest BCUT2D eigenvalue weighted by Crippen LogP contribution is 2.34. The van der Waals surface area contributed by atoms with Crippen LogP contribution in [0.25, 0.3) is 21.5 Å². The van der Waals surface area contributed by atoms with E-state index in [1.54, 1.807) is 18.4 Å². The molecule has 0 aliphatic heterocycles. The number of nitrogens with one attached hydrogen (secondary N) is 1. The molecule has 0 aliphatic carbocycles. The molecule has 27 heavy (non-hydrogen) atoms. The summed E-state index contributed by atoms with van der Waals surface area (Å²) >= 11 is 2.92. The van der Waals surface area contributed by atoms with Gasteiger partial charge in [0.1, 0.15) is 15.5 Å². The Morgan fingerprint density at radius 3 is 2.70 bits per heavy atom. The van der Waals surface area contributed by atoms with Gasteiger partial charge in [-0.25, -0.2) is 4.98 Å². The Morgan fingerprint density at radius 2 is 2.00 bits per heavy atom. The van der Waals surface area contributed by atoms with Crippen molar-refractivity contribution >= 4 is 44.5 Å². The number of nitrogen functional groups attached to an aromatic ring is 1. The molecule has 0 aliphatic rings. The van der Waals surface area contributed by atoms with Gasteiger partial charge in [-0.15, -0.1) is 22.7 Å². The molecule has 136 valence electrons. The zero-order valence-electron chi connectivity index (χ0n) is 14.6. The van der Waals surface area contributed by atoms with Crippen LogP contribution in [0.2, 0.25) is 0 Å². The van der Waals surface area contributed by atoms with Gasteiger partial charge in [-0.2, -0.15) is 0 Å². The van der Waals surface area contributed by atoms with Crippen LogP contribution in [0.15, 0.2) is 53.9 Å². The highest BCUT2D eigenvalue weighted by molar-refractivity contribution is 7.21. The minimum atomic E-state index is -0.171. The SMILES string of the molecule is COc1ccc(-c2ccc3c(N)c(C(=O)NCc4cccs4)sc3n2)cc1. The Balaban J connectivity index is 1.61. The fourth-order valence-electron chi connectivity index (χ4n) is 2.75. The summed E-state index contributed by atoms with van der Waals surface area (Å²) in [5, 5.41) is 5.71. The fourth-order valence-corrected chi connectivity index (χ4v) is 4.40. The standard InChI is InChI=1S/C20H17N3O2S2/c1-25-13-6-4-12(5-7-13)16-9-8-15-17(21)18(27-20(15)23-16)19(24)22-11-14-3-2-10-26-14/h2-10H,11,21H2,1H3,(H,22,24). The van der Waals surface area contributed by atoms with Crippen molar-refractivity contribution in [1.29, 1.82) is 0 Å². The van der Waals surface area contributed by atoms with Crippen LogP contribution in [0.1, 0.15) is 14.5 Å². The molecule has 3 heterocycles. The highest BCUT2D eigenvalue weighted by atomic mass is 32.1. The fraction of sp³-hybridized carbons (Fsp3) is 0.100. The van der Waals surface area contributed by atoms with Gasteiger partial charge in [0.15, 0.2) is 0 Å². The number of benzene rings is 1. The molecule has 3 aromatic heterocycles. The highest BCUT2D eigenvalue weighted by Gasteiger charge is 2.17. The summed E-state index contributed by atoms with van der Waals surface area (Å²) in [7, 11) is 1.64. The molecular formula is C20H17N3O2S2. The summed E-state index contributed by atoms with van der Waals surface area (Å²) in [6.07, 6.45) is 0. The van der Waals surface area contributed by atoms with Crippen LogP contribution in [0.4, 0.5) is 5.69 Å². The number of fused-ring (bicyclic) bond motifs is 1. The van der Waals surface area contributed by atoms with Gasteiger partial charge in [0, 0.05) is 15.8 Å². The third-order valence-electron chi connectivity index (χ3n) is 4.19. The summed E-state index contributed by atoms with van der Waals surface area (Å²) in [6, 6.07) is 15.5. The molecule has 7 heteroatoms. The maximum atomic E-state index is 12.5. The zero-order chi connectivity index (χ0) is 18.8. The molecule has 1 aromatic carbocycles. The number of ether oxygens (including phenoxy) is 1. The first kappa shape index (κ1) is 17.5. The van der Waals surface area contributed by atoms with E-state index in [0.717, 1.165) is 32.1 Å². The third-order valence-corrected chi connectivity index (χ3v) is 6.18. The van der Waals surface area contributed by atoms with Gasteiger partial charge in [-0.3, -0.25) is 4.79 Å². The lowest BCUT2D eigenvalue weighted by atomic mass is 10.1. The summed E-state index contributed by atoms with van der Waals surface area (Å²) < 4.78 is 5.19. The predicted octanol–water partition coefficient (Wildman–Crippen LogP) is 4.55. The van der Waals surface area contributed by atoms with Crippen molar-refractivity contribution in [3.8, 4) is 17.0 Å². The van der Waals surface area contributed by atoms with E-state index in [1.165, 1.54) is 11.3 Å². The first-order chi connectivity index (χ1) is 13.2. The number of pyridine rings is 1. The molecule has 5 nitrogen and oxygen atoms in total. The Bertz CT molecular complexity index is 1090. The number of aromatic nitrogens is 1. The van der Waals surface area contributed by atoms with Crippen molar-refractivity contribution in [3.63, 3.8) is 0 Å². The van der Waals surface area contributed by atoms with E-state index in [1.807, 2.05) is 53.9 Å². The summed E-state index contributed by atoms with van der Waals surface area (Å²) in [5.41, 5.74) is 8.50. The molecule has 0 radical (unpaired) electrons. The van der Waals surface area contributed by atoms with E-state index in [0.29, 0.717) is 17.1 Å². The number of carbonyl (C=O) groups excluding carboxylic acids is 1. The topological polar surface area (TPSA) is 77.2 Å². The molecular weight excluding hydrogens is 378 g/mol. The molecule has 0 saturated carbocycles. The van der Waals surface area contributed by atoms with Gasteiger partial charge < -0.3 is 15.8 Å². The van der Waals surface area contributed by atoms with Crippen LogP contribution in [0.5, 0.6) is 5.75 Å². The number of hydrogen-bond donors (Lipinski definition) is 2. The van der Waals surface area contributed by atoms with Crippen LogP contribution in [-0.4, -0.2) is 18.0 Å². The lowest BCUT2D eigenvalue weighted by Gasteiger charge is -2.03. The molecule has 0 fully saturated rings. The molecule has 0 unspecified atom stereocenters. The predicted molar refractivity (Wildman–Crippen MR) is 112 cm³/mol. The van der Waals surface area contributed by atoms with Crippen LogP contribution in [0.3, 0.4) is 0 Å². The van der Waals surface area contributed by atoms with Crippen molar-refractivity contribution in [2.24, 2.45) is 0 Å². The largest absolute Gasteiger partial charge is 0.497 e. The van der Waals surface area contributed by atoms with Gasteiger partial charge in [0.25, 0.3) is 5.91 Å². The van der Waals surface area contributed by atoms with Gasteiger partial charge in [-0.1, -0.05) is 6.07 Å². The molecule has 1 amide bonds. The maximum Gasteiger partial charge on any atom is 0.263 e. The zero-order valence-corrected chi connectivity index (χ0v) is 16.2. The number of anilines is 1. The molecule has 0 bridgehead atoms. The Hall–Kier alpha value is -2.90. The second-order valence-electron chi connectivity index (χ2n) is 5.88. The number of rotatable bonds is 5. The number of hydrogen-bond acceptors (Lipinski definition) is 6. The van der Waals surface area contributed by atoms with E-state index in [2.05, 4.69) is 5.32 Å². The monoisotopic (exact) mass is 395 g/mol. The Morgan fingerprint density at radius 1 is 1.19 bits per heavy atom. The van der Waals surface area contributed by atoms with Crippen LogP contribution in [-0.2, 0) is 6.54 Å². The first-order valence-electron chi connectivity index (χ1n) is 8.29. The normalized spacial score (nSPS) is 10.9. The summed E-state index contributed by atoms with van der Waals surface area (Å²) in [6.45, 7) is 0.495. The number of nitrogens with two attached hydrogens (primary N) is 1. The number of thiophene rings is 2. The Kier molecular flexibility index (Phi) is 4.79. The average molecular weight is 396 g/mol. The lowest BCUT2D eigenvalue weighted by molar-refractivity contribution is 0.0956. The van der Waals surface area contributed by atoms with Crippen molar-refractivity contribution in [1.82, 2.24) is 10.3 Å². The van der Waals surface area contributed by atoms with E-state index >= 15 is 0 Å². The summed E-state index contributed by atoms with van der Waals surface area (Å²) in [4.78, 5) is 19.6. The first-order valence-corrected chi connectivity index (χ1v) is 9.99. The number of carbonyl (C=O) groups is 1. The van der Waals surface area contributed by atoms with E-state index in [4.69, 9.17) is 15.5 Å². The minimum Gasteiger partial charge on any atom is -0.497 e. The van der Waals surface area contributed by atoms with Crippen molar-refractivity contribution < 1.29 is 9.53 Å². The van der Waals surface area contributed by atoms with Crippen LogP contribution >= 0.6 is 22.7 Å². The second-order valence-corrected chi connectivity index (χ2v) is 7.92. The molecule has 4 aromatic rings. The molecule has 3 N–H and O–H groups in total. The molecule has 4 rings (SSSR count). The maximum absolute atomic E-state index is 12.5. The lowest BCUT2D eigenvalue weighted by Crippen LogP contribution is -2.22.